The largest absolute Gasteiger partial charge is 1.00 e. The monoisotopic (exact) mass is 227 g/mol. The second-order valence-electron chi connectivity index (χ2n) is 1.56. The summed E-state index contributed by atoms with van der Waals surface area (Å²) in [5.41, 5.74) is 0. The zero-order valence-electron chi connectivity index (χ0n) is 8.55. The molecule has 0 radical (unpaired) electrons. The van der Waals surface area contributed by atoms with Gasteiger partial charge >= 0.3 is 103 Å². The van der Waals surface area contributed by atoms with Gasteiger partial charge in [0.05, 0.1) is 7.11 Å². The molecule has 0 aliphatic rings. The molecule has 1 aromatic rings. The SMILES string of the molecule is COc1[c-]cc[c-]c1.C[C-]=O.[K+].[K+]. The zero-order valence-corrected chi connectivity index (χ0v) is 14.8. The summed E-state index contributed by atoms with van der Waals surface area (Å²) in [5.74, 6) is 0.729. The van der Waals surface area contributed by atoms with Gasteiger partial charge in [0, 0.05) is 0 Å². The average Bonchev–Trinajstić information content (AvgIpc) is 2.08. The fourth-order valence-corrected chi connectivity index (χ4v) is 0.455. The Hall–Kier alpha value is 1.96. The summed E-state index contributed by atoms with van der Waals surface area (Å²) in [6.45, 7) is 1.32. The third-order valence-electron chi connectivity index (χ3n) is 0.839. The Bertz CT molecular complexity index is 190. The molecule has 0 aliphatic carbocycles. The summed E-state index contributed by atoms with van der Waals surface area (Å²) in [6.07, 6.45) is 1.50. The minimum Gasteiger partial charge on any atom is -0.579 e. The van der Waals surface area contributed by atoms with Gasteiger partial charge in [0.15, 0.2) is 0 Å². The maximum atomic E-state index is 8.68. The van der Waals surface area contributed by atoms with Crippen molar-refractivity contribution in [2.45, 2.75) is 6.92 Å². The van der Waals surface area contributed by atoms with E-state index < -0.39 is 0 Å². The van der Waals surface area contributed by atoms with Crippen molar-refractivity contribution in [3.63, 3.8) is 0 Å². The molecule has 0 aliphatic heterocycles. The molecule has 0 amide bonds. The summed E-state index contributed by atoms with van der Waals surface area (Å²) < 4.78 is 4.83. The zero-order chi connectivity index (χ0) is 8.53. The standard InChI is InChI=1S/C7H6O.C2H3O.2K/c1-8-7-5-3-2-4-6-7;1-2-3;;/h2-3,6H,1H3;1H3;;/q-2;-1;2*+1. The molecule has 0 saturated heterocycles. The van der Waals surface area contributed by atoms with Crippen molar-refractivity contribution in [3.05, 3.63) is 30.3 Å². The van der Waals surface area contributed by atoms with Gasteiger partial charge in [-0.3, -0.25) is 24.5 Å². The van der Waals surface area contributed by atoms with Crippen LogP contribution in [0.2, 0.25) is 0 Å². The molecule has 0 saturated carbocycles. The number of benzene rings is 1. The molecule has 0 spiro atoms. The van der Waals surface area contributed by atoms with E-state index in [1.165, 1.54) is 13.2 Å². The van der Waals surface area contributed by atoms with E-state index in [1.54, 1.807) is 25.3 Å². The second kappa shape index (κ2) is 16.4. The van der Waals surface area contributed by atoms with E-state index in [-0.39, 0.29) is 103 Å². The predicted molar refractivity (Wildman–Crippen MR) is 42.0 cm³/mol. The van der Waals surface area contributed by atoms with Crippen LogP contribution >= 0.6 is 0 Å². The average molecular weight is 227 g/mol. The molecule has 0 N–H and O–H groups in total. The second-order valence-corrected chi connectivity index (χ2v) is 1.56. The Balaban J connectivity index is -0.000000180. The van der Waals surface area contributed by atoms with Gasteiger partial charge in [-0.2, -0.15) is 6.92 Å². The van der Waals surface area contributed by atoms with Gasteiger partial charge in [-0.1, -0.05) is 0 Å². The van der Waals surface area contributed by atoms with Crippen molar-refractivity contribution >= 4 is 6.29 Å². The molecule has 1 aromatic carbocycles. The van der Waals surface area contributed by atoms with Crippen LogP contribution < -0.4 is 108 Å². The maximum absolute atomic E-state index is 8.68. The van der Waals surface area contributed by atoms with Crippen LogP contribution in [0, 0.1) is 12.1 Å². The Morgan fingerprint density at radius 3 is 2.15 bits per heavy atom. The third kappa shape index (κ3) is 14.0. The summed E-state index contributed by atoms with van der Waals surface area (Å²) in [4.78, 5) is 8.68. The molecule has 0 aromatic heterocycles. The molecule has 60 valence electrons. The smallest absolute Gasteiger partial charge is 0.579 e. The van der Waals surface area contributed by atoms with Crippen LogP contribution in [-0.2, 0) is 4.79 Å². The fraction of sp³-hybridized carbons (Fsp3) is 0.222. The van der Waals surface area contributed by atoms with Crippen molar-refractivity contribution in [2.75, 3.05) is 7.11 Å². The maximum Gasteiger partial charge on any atom is 1.00 e. The molecule has 13 heavy (non-hydrogen) atoms. The van der Waals surface area contributed by atoms with Crippen LogP contribution in [-0.4, -0.2) is 13.4 Å². The molecular weight excluding hydrogens is 218 g/mol. The van der Waals surface area contributed by atoms with Crippen molar-refractivity contribution in [3.8, 4) is 5.75 Å². The van der Waals surface area contributed by atoms with E-state index in [9.17, 15) is 0 Å². The first-order chi connectivity index (χ1) is 5.35. The molecule has 1 rings (SSSR count). The Morgan fingerprint density at radius 2 is 1.92 bits per heavy atom. The number of hydrogen-bond acceptors (Lipinski definition) is 2. The van der Waals surface area contributed by atoms with Crippen LogP contribution in [0.15, 0.2) is 18.2 Å². The van der Waals surface area contributed by atoms with Crippen LogP contribution in [0.4, 0.5) is 0 Å². The van der Waals surface area contributed by atoms with Crippen LogP contribution in [0.3, 0.4) is 0 Å². The van der Waals surface area contributed by atoms with Crippen LogP contribution in [0.25, 0.3) is 0 Å². The molecule has 0 atom stereocenters. The van der Waals surface area contributed by atoms with E-state index in [0.717, 1.165) is 5.75 Å². The summed E-state index contributed by atoms with van der Waals surface area (Å²) >= 11 is 0. The van der Waals surface area contributed by atoms with Gasteiger partial charge in [0.1, 0.15) is 0 Å². The first-order valence-electron chi connectivity index (χ1n) is 3.05. The van der Waals surface area contributed by atoms with Crippen molar-refractivity contribution in [1.82, 2.24) is 0 Å². The summed E-state index contributed by atoms with van der Waals surface area (Å²) in [6, 6.07) is 11.0. The van der Waals surface area contributed by atoms with Crippen molar-refractivity contribution in [2.24, 2.45) is 0 Å². The van der Waals surface area contributed by atoms with E-state index >= 15 is 0 Å². The topological polar surface area (TPSA) is 26.3 Å². The minimum atomic E-state index is 0. The molecule has 0 unspecified atom stereocenters. The van der Waals surface area contributed by atoms with Crippen LogP contribution in [0.5, 0.6) is 5.75 Å². The van der Waals surface area contributed by atoms with Crippen molar-refractivity contribution < 1.29 is 112 Å². The molecule has 0 fully saturated rings. The molecule has 0 bridgehead atoms. The summed E-state index contributed by atoms with van der Waals surface area (Å²) in [7, 11) is 1.61. The number of methoxy groups -OCH3 is 1. The van der Waals surface area contributed by atoms with Gasteiger partial charge in [0.2, 0.25) is 0 Å². The Kier molecular flexibility index (Phi) is 25.7. The number of carbonyl (C=O) groups excluding carboxylic acids is 1. The number of rotatable bonds is 1. The van der Waals surface area contributed by atoms with Crippen LogP contribution in [0.1, 0.15) is 6.92 Å². The quantitative estimate of drug-likeness (QED) is 0.357. The van der Waals surface area contributed by atoms with E-state index in [4.69, 9.17) is 9.53 Å². The predicted octanol–water partition coefficient (Wildman–Crippen LogP) is -4.58. The van der Waals surface area contributed by atoms with E-state index in [1.807, 2.05) is 0 Å². The van der Waals surface area contributed by atoms with E-state index in [2.05, 4.69) is 12.1 Å². The Morgan fingerprint density at radius 1 is 1.38 bits per heavy atom. The minimum absolute atomic E-state index is 0. The fourth-order valence-electron chi connectivity index (χ4n) is 0.455. The first-order valence-corrected chi connectivity index (χ1v) is 3.05. The van der Waals surface area contributed by atoms with E-state index in [0.29, 0.717) is 0 Å². The van der Waals surface area contributed by atoms with Gasteiger partial charge in [-0.25, -0.2) is 6.07 Å². The summed E-state index contributed by atoms with van der Waals surface area (Å²) in [5, 5.41) is 0. The van der Waals surface area contributed by atoms with Gasteiger partial charge in [-0.05, 0) is 0 Å². The molecule has 4 heteroatoms. The number of ether oxygens (including phenoxy) is 1. The molecule has 2 nitrogen and oxygen atoms in total. The van der Waals surface area contributed by atoms with Gasteiger partial charge in [0.25, 0.3) is 0 Å². The Labute approximate surface area is 165 Å². The molecular formula is C9H9K2O2-. The van der Waals surface area contributed by atoms with Crippen molar-refractivity contribution in [1.29, 1.82) is 0 Å². The first kappa shape index (κ1) is 20.4. The molecule has 0 heterocycles. The third-order valence-corrected chi connectivity index (χ3v) is 0.839. The van der Waals surface area contributed by atoms with Gasteiger partial charge < -0.3 is 15.6 Å². The van der Waals surface area contributed by atoms with Gasteiger partial charge in [-0.15, -0.1) is 5.75 Å². The normalized spacial score (nSPS) is 6.31. The number of hydrogen-bond donors (Lipinski definition) is 0.